The van der Waals surface area contributed by atoms with E-state index >= 15 is 0 Å². The Hall–Kier alpha value is -1.66. The van der Waals surface area contributed by atoms with E-state index in [1.165, 1.54) is 11.8 Å². The Morgan fingerprint density at radius 2 is 2.10 bits per heavy atom. The van der Waals surface area contributed by atoms with Crippen LogP contribution in [0.1, 0.15) is 23.7 Å². The van der Waals surface area contributed by atoms with Gasteiger partial charge in [0.15, 0.2) is 11.5 Å². The average molecular weight is 306 g/mol. The maximum Gasteiger partial charge on any atom is 0.255 e. The van der Waals surface area contributed by atoms with Crippen molar-refractivity contribution >= 4 is 11.8 Å². The van der Waals surface area contributed by atoms with Gasteiger partial charge < -0.3 is 19.6 Å². The summed E-state index contributed by atoms with van der Waals surface area (Å²) in [6.45, 7) is 3.27. The molecule has 2 N–H and O–H groups in total. The summed E-state index contributed by atoms with van der Waals surface area (Å²) in [5.74, 6) is 2.26. The molecule has 1 unspecified atom stereocenters. The first-order chi connectivity index (χ1) is 10.2. The van der Waals surface area contributed by atoms with Crippen LogP contribution in [0.3, 0.4) is 0 Å². The lowest BCUT2D eigenvalue weighted by atomic mass is 10.1. The number of aryl methyl sites for hydroxylation is 1. The smallest absolute Gasteiger partial charge is 0.255 e. The van der Waals surface area contributed by atoms with E-state index in [-0.39, 0.29) is 6.04 Å². The number of fused-ring (bicyclic) bond motifs is 1. The summed E-state index contributed by atoms with van der Waals surface area (Å²) in [5.41, 5.74) is 8.13. The monoisotopic (exact) mass is 306 g/mol. The fraction of sp³-hybridized carbons (Fsp3) is 0.400. The number of benzene rings is 1. The van der Waals surface area contributed by atoms with E-state index in [9.17, 15) is 0 Å². The predicted molar refractivity (Wildman–Crippen MR) is 80.9 cm³/mol. The number of ether oxygens (including phenoxy) is 2. The largest absolute Gasteiger partial charge is 0.490 e. The Bertz CT molecular complexity index is 615. The van der Waals surface area contributed by atoms with Crippen LogP contribution in [0.2, 0.25) is 0 Å². The topological polar surface area (TPSA) is 70.5 Å². The van der Waals surface area contributed by atoms with Crippen molar-refractivity contribution in [2.75, 3.05) is 19.0 Å². The van der Waals surface area contributed by atoms with Crippen LogP contribution in [0.5, 0.6) is 11.5 Å². The molecule has 2 aromatic rings. The van der Waals surface area contributed by atoms with Crippen LogP contribution in [0.4, 0.5) is 0 Å². The van der Waals surface area contributed by atoms with Gasteiger partial charge in [-0.2, -0.15) is 0 Å². The second-order valence-corrected chi connectivity index (χ2v) is 5.90. The van der Waals surface area contributed by atoms with Crippen molar-refractivity contribution < 1.29 is 13.9 Å². The number of hydrogen-bond acceptors (Lipinski definition) is 6. The van der Waals surface area contributed by atoms with Crippen molar-refractivity contribution in [3.63, 3.8) is 0 Å². The van der Waals surface area contributed by atoms with E-state index in [1.807, 2.05) is 25.1 Å². The van der Waals surface area contributed by atoms with Gasteiger partial charge in [0, 0.05) is 18.2 Å². The standard InChI is InChI=1S/C15H18N2O3S/c1-10-8-20-15(17-10)21-9-12(16)11-3-4-13-14(7-11)19-6-2-5-18-13/h3-4,7-8,12H,2,5-6,9,16H2,1H3. The summed E-state index contributed by atoms with van der Waals surface area (Å²) >= 11 is 1.51. The molecule has 0 saturated carbocycles. The molecule has 0 radical (unpaired) electrons. The van der Waals surface area contributed by atoms with Crippen molar-refractivity contribution in [3.8, 4) is 11.5 Å². The van der Waals surface area contributed by atoms with Crippen LogP contribution in [-0.4, -0.2) is 24.0 Å². The van der Waals surface area contributed by atoms with Crippen molar-refractivity contribution in [3.05, 3.63) is 35.7 Å². The van der Waals surface area contributed by atoms with E-state index in [1.54, 1.807) is 6.26 Å². The second kappa shape index (κ2) is 6.41. The number of aromatic nitrogens is 1. The van der Waals surface area contributed by atoms with Crippen LogP contribution in [0, 0.1) is 6.92 Å². The van der Waals surface area contributed by atoms with Gasteiger partial charge in [-0.3, -0.25) is 0 Å². The molecule has 1 atom stereocenters. The number of rotatable bonds is 4. The Labute approximate surface area is 127 Å². The number of thioether (sulfide) groups is 1. The maximum atomic E-state index is 6.24. The first-order valence-electron chi connectivity index (χ1n) is 6.92. The van der Waals surface area contributed by atoms with E-state index in [0.29, 0.717) is 24.2 Å². The Balaban J connectivity index is 1.66. The van der Waals surface area contributed by atoms with E-state index in [2.05, 4.69) is 4.98 Å². The summed E-state index contributed by atoms with van der Waals surface area (Å²) in [5, 5.41) is 0.650. The van der Waals surface area contributed by atoms with Gasteiger partial charge in [-0.15, -0.1) is 0 Å². The van der Waals surface area contributed by atoms with Gasteiger partial charge in [0.25, 0.3) is 5.22 Å². The molecule has 5 nitrogen and oxygen atoms in total. The minimum absolute atomic E-state index is 0.112. The van der Waals surface area contributed by atoms with Crippen LogP contribution in [0.15, 0.2) is 34.1 Å². The molecule has 112 valence electrons. The highest BCUT2D eigenvalue weighted by atomic mass is 32.2. The minimum Gasteiger partial charge on any atom is -0.490 e. The lowest BCUT2D eigenvalue weighted by Crippen LogP contribution is -2.13. The van der Waals surface area contributed by atoms with Gasteiger partial charge in [-0.05, 0) is 24.6 Å². The summed E-state index contributed by atoms with van der Waals surface area (Å²) in [6, 6.07) is 5.77. The summed E-state index contributed by atoms with van der Waals surface area (Å²) in [6.07, 6.45) is 2.54. The molecule has 0 spiro atoms. The SMILES string of the molecule is Cc1coc(SCC(N)c2ccc3c(c2)OCCCO3)n1. The number of hydrogen-bond donors (Lipinski definition) is 1. The van der Waals surface area contributed by atoms with E-state index in [0.717, 1.165) is 29.2 Å². The number of nitrogens with two attached hydrogens (primary N) is 1. The molecule has 0 amide bonds. The zero-order valence-corrected chi connectivity index (χ0v) is 12.7. The number of oxazole rings is 1. The molecule has 3 rings (SSSR count). The fourth-order valence-corrected chi connectivity index (χ4v) is 2.91. The molecule has 0 aliphatic carbocycles. The lowest BCUT2D eigenvalue weighted by molar-refractivity contribution is 0.297. The van der Waals surface area contributed by atoms with Crippen LogP contribution in [-0.2, 0) is 0 Å². The van der Waals surface area contributed by atoms with Crippen LogP contribution < -0.4 is 15.2 Å². The van der Waals surface area contributed by atoms with E-state index < -0.39 is 0 Å². The summed E-state index contributed by atoms with van der Waals surface area (Å²) in [7, 11) is 0. The van der Waals surface area contributed by atoms with Gasteiger partial charge >= 0.3 is 0 Å². The van der Waals surface area contributed by atoms with Gasteiger partial charge in [0.2, 0.25) is 0 Å². The third-order valence-electron chi connectivity index (χ3n) is 3.18. The van der Waals surface area contributed by atoms with Crippen LogP contribution in [0.25, 0.3) is 0 Å². The molecule has 1 aromatic carbocycles. The average Bonchev–Trinajstić information content (AvgIpc) is 2.77. The predicted octanol–water partition coefficient (Wildman–Crippen LogP) is 2.94. The number of nitrogens with zero attached hydrogens (tertiary/aromatic N) is 1. The molecular weight excluding hydrogens is 288 g/mol. The highest BCUT2D eigenvalue weighted by molar-refractivity contribution is 7.99. The molecular formula is C15H18N2O3S. The molecule has 1 aliphatic heterocycles. The van der Waals surface area contributed by atoms with Crippen molar-refractivity contribution in [1.82, 2.24) is 4.98 Å². The third-order valence-corrected chi connectivity index (χ3v) is 4.14. The molecule has 0 saturated heterocycles. The van der Waals surface area contributed by atoms with E-state index in [4.69, 9.17) is 19.6 Å². The highest BCUT2D eigenvalue weighted by Crippen LogP contribution is 2.33. The summed E-state index contributed by atoms with van der Waals surface area (Å²) in [4.78, 5) is 4.25. The second-order valence-electron chi connectivity index (χ2n) is 4.93. The van der Waals surface area contributed by atoms with Gasteiger partial charge in [-0.25, -0.2) is 4.98 Å². The fourth-order valence-electron chi connectivity index (χ4n) is 2.07. The lowest BCUT2D eigenvalue weighted by Gasteiger charge is -2.13. The maximum absolute atomic E-state index is 6.24. The molecule has 1 aromatic heterocycles. The normalized spacial score (nSPS) is 15.5. The zero-order chi connectivity index (χ0) is 14.7. The molecule has 6 heteroatoms. The molecule has 0 fully saturated rings. The third kappa shape index (κ3) is 3.51. The Morgan fingerprint density at radius 3 is 2.86 bits per heavy atom. The Kier molecular flexibility index (Phi) is 4.36. The van der Waals surface area contributed by atoms with Crippen molar-refractivity contribution in [2.45, 2.75) is 24.6 Å². The first kappa shape index (κ1) is 14.3. The molecule has 0 bridgehead atoms. The minimum atomic E-state index is -0.112. The quantitative estimate of drug-likeness (QED) is 0.876. The van der Waals surface area contributed by atoms with Gasteiger partial charge in [0.1, 0.15) is 6.26 Å². The zero-order valence-electron chi connectivity index (χ0n) is 11.9. The summed E-state index contributed by atoms with van der Waals surface area (Å²) < 4.78 is 16.6. The van der Waals surface area contributed by atoms with Crippen LogP contribution >= 0.6 is 11.8 Å². The Morgan fingerprint density at radius 1 is 1.29 bits per heavy atom. The molecule has 2 heterocycles. The molecule has 21 heavy (non-hydrogen) atoms. The van der Waals surface area contributed by atoms with Gasteiger partial charge in [-0.1, -0.05) is 17.8 Å². The first-order valence-corrected chi connectivity index (χ1v) is 7.91. The highest BCUT2D eigenvalue weighted by Gasteiger charge is 2.15. The van der Waals surface area contributed by atoms with Gasteiger partial charge in [0.05, 0.1) is 18.9 Å². The van der Waals surface area contributed by atoms with Crippen molar-refractivity contribution in [1.29, 1.82) is 0 Å². The van der Waals surface area contributed by atoms with Crippen molar-refractivity contribution in [2.24, 2.45) is 5.73 Å². The molecule has 1 aliphatic rings.